The van der Waals surface area contributed by atoms with E-state index >= 15 is 0 Å². The molecule has 1 aromatic carbocycles. The van der Waals surface area contributed by atoms with Crippen LogP contribution in [0, 0.1) is 0 Å². The van der Waals surface area contributed by atoms with Crippen molar-refractivity contribution in [1.82, 2.24) is 0 Å². The molecule has 0 atom stereocenters. The Kier molecular flexibility index (Phi) is 5.30. The van der Waals surface area contributed by atoms with Crippen LogP contribution in [-0.4, -0.2) is 33.9 Å². The number of carbonyl (C=O) groups excluding carboxylic acids is 1. The van der Waals surface area contributed by atoms with Crippen molar-refractivity contribution in [3.63, 3.8) is 0 Å². The van der Waals surface area contributed by atoms with Crippen LogP contribution in [0.25, 0.3) is 0 Å². The van der Waals surface area contributed by atoms with E-state index in [9.17, 15) is 4.79 Å². The van der Waals surface area contributed by atoms with Gasteiger partial charge in [-0.05, 0) is 6.92 Å². The van der Waals surface area contributed by atoms with Gasteiger partial charge in [-0.3, -0.25) is 4.79 Å². The predicted molar refractivity (Wildman–Crippen MR) is 66.4 cm³/mol. The third kappa shape index (κ3) is 3.29. The Balaban J connectivity index is 3.10. The van der Waals surface area contributed by atoms with Gasteiger partial charge < -0.3 is 18.9 Å². The quantitative estimate of drug-likeness (QED) is 0.725. The highest BCUT2D eigenvalue weighted by molar-refractivity contribution is 5.75. The molecule has 0 bridgehead atoms. The molecular weight excluding hydrogens is 236 g/mol. The summed E-state index contributed by atoms with van der Waals surface area (Å²) in [6.45, 7) is 2.11. The summed E-state index contributed by atoms with van der Waals surface area (Å²) in [4.78, 5) is 11.5. The zero-order valence-electron chi connectivity index (χ0n) is 11.1. The van der Waals surface area contributed by atoms with Crippen molar-refractivity contribution in [3.05, 3.63) is 17.7 Å². The van der Waals surface area contributed by atoms with E-state index in [0.717, 1.165) is 0 Å². The molecule has 18 heavy (non-hydrogen) atoms. The number of hydrogen-bond donors (Lipinski definition) is 0. The number of methoxy groups -OCH3 is 3. The Labute approximate surface area is 107 Å². The molecule has 0 unspecified atom stereocenters. The average molecular weight is 254 g/mol. The molecule has 0 radical (unpaired) electrons. The normalized spacial score (nSPS) is 9.78. The maximum absolute atomic E-state index is 11.5. The van der Waals surface area contributed by atoms with Crippen molar-refractivity contribution >= 4 is 5.97 Å². The number of esters is 1. The minimum Gasteiger partial charge on any atom is -0.496 e. The van der Waals surface area contributed by atoms with Crippen molar-refractivity contribution in [3.8, 4) is 17.2 Å². The summed E-state index contributed by atoms with van der Waals surface area (Å²) in [5.74, 6) is 1.37. The molecule has 100 valence electrons. The van der Waals surface area contributed by atoms with Gasteiger partial charge >= 0.3 is 5.97 Å². The summed E-state index contributed by atoms with van der Waals surface area (Å²) in [5.41, 5.74) is 0.652. The molecule has 0 heterocycles. The van der Waals surface area contributed by atoms with Gasteiger partial charge in [0.25, 0.3) is 0 Å². The Morgan fingerprint density at radius 1 is 1.06 bits per heavy atom. The van der Waals surface area contributed by atoms with E-state index < -0.39 is 0 Å². The Morgan fingerprint density at radius 3 is 2.00 bits per heavy atom. The second kappa shape index (κ2) is 6.74. The van der Waals surface area contributed by atoms with Gasteiger partial charge in [-0.2, -0.15) is 0 Å². The van der Waals surface area contributed by atoms with E-state index in [0.29, 0.717) is 29.4 Å². The molecule has 0 saturated carbocycles. The molecule has 0 spiro atoms. The Bertz CT molecular complexity index is 389. The second-order valence-corrected chi connectivity index (χ2v) is 3.49. The molecule has 0 aromatic heterocycles. The van der Waals surface area contributed by atoms with Crippen LogP contribution in [0.3, 0.4) is 0 Å². The van der Waals surface area contributed by atoms with Crippen molar-refractivity contribution in [2.45, 2.75) is 13.3 Å². The van der Waals surface area contributed by atoms with Gasteiger partial charge in [-0.25, -0.2) is 0 Å². The first-order valence-electron chi connectivity index (χ1n) is 5.60. The summed E-state index contributed by atoms with van der Waals surface area (Å²) in [5, 5.41) is 0. The van der Waals surface area contributed by atoms with Gasteiger partial charge in [0.2, 0.25) is 0 Å². The summed E-state index contributed by atoms with van der Waals surface area (Å²) in [6, 6.07) is 3.41. The van der Waals surface area contributed by atoms with Crippen LogP contribution < -0.4 is 14.2 Å². The van der Waals surface area contributed by atoms with Crippen molar-refractivity contribution in [1.29, 1.82) is 0 Å². The lowest BCUT2D eigenvalue weighted by molar-refractivity contribution is -0.142. The lowest BCUT2D eigenvalue weighted by atomic mass is 10.1. The minimum absolute atomic E-state index is 0.101. The summed E-state index contributed by atoms with van der Waals surface area (Å²) >= 11 is 0. The fraction of sp³-hybridized carbons (Fsp3) is 0.462. The monoisotopic (exact) mass is 254 g/mol. The average Bonchev–Trinajstić information content (AvgIpc) is 2.39. The number of rotatable bonds is 6. The van der Waals surface area contributed by atoms with Crippen LogP contribution in [0.1, 0.15) is 12.5 Å². The van der Waals surface area contributed by atoms with E-state index in [1.807, 2.05) is 0 Å². The minimum atomic E-state index is -0.320. The van der Waals surface area contributed by atoms with E-state index in [1.165, 1.54) is 14.2 Å². The molecular formula is C13H18O5. The third-order valence-corrected chi connectivity index (χ3v) is 2.44. The third-order valence-electron chi connectivity index (χ3n) is 2.44. The Morgan fingerprint density at radius 2 is 1.61 bits per heavy atom. The first-order valence-corrected chi connectivity index (χ1v) is 5.60. The number of ether oxygens (including phenoxy) is 4. The van der Waals surface area contributed by atoms with Gasteiger partial charge in [0.15, 0.2) is 0 Å². The van der Waals surface area contributed by atoms with Crippen LogP contribution in [0.4, 0.5) is 0 Å². The first-order chi connectivity index (χ1) is 8.65. The van der Waals surface area contributed by atoms with E-state index in [1.54, 1.807) is 26.2 Å². The molecule has 1 aromatic rings. The van der Waals surface area contributed by atoms with Gasteiger partial charge in [-0.1, -0.05) is 0 Å². The molecule has 0 fully saturated rings. The highest BCUT2D eigenvalue weighted by atomic mass is 16.5. The lowest BCUT2D eigenvalue weighted by Crippen LogP contribution is -2.10. The molecule has 1 rings (SSSR count). The zero-order valence-corrected chi connectivity index (χ0v) is 11.1. The second-order valence-electron chi connectivity index (χ2n) is 3.49. The van der Waals surface area contributed by atoms with Crippen molar-refractivity contribution in [2.75, 3.05) is 27.9 Å². The standard InChI is InChI=1S/C13H18O5/c1-5-18-13(14)8-10-11(16-3)6-9(15-2)7-12(10)17-4/h6-7H,5,8H2,1-4H3. The highest BCUT2D eigenvalue weighted by Crippen LogP contribution is 2.34. The van der Waals surface area contributed by atoms with E-state index in [4.69, 9.17) is 18.9 Å². The smallest absolute Gasteiger partial charge is 0.310 e. The molecule has 0 saturated heterocycles. The number of hydrogen-bond acceptors (Lipinski definition) is 5. The molecule has 0 N–H and O–H groups in total. The fourth-order valence-electron chi connectivity index (χ4n) is 1.61. The molecule has 0 aliphatic rings. The van der Waals surface area contributed by atoms with Gasteiger partial charge in [-0.15, -0.1) is 0 Å². The molecule has 0 aliphatic heterocycles. The van der Waals surface area contributed by atoms with E-state index in [-0.39, 0.29) is 12.4 Å². The van der Waals surface area contributed by atoms with Crippen molar-refractivity contribution in [2.24, 2.45) is 0 Å². The van der Waals surface area contributed by atoms with Gasteiger partial charge in [0.05, 0.1) is 34.4 Å². The Hall–Kier alpha value is -1.91. The van der Waals surface area contributed by atoms with Gasteiger partial charge in [0.1, 0.15) is 17.2 Å². The molecule has 0 amide bonds. The number of benzene rings is 1. The number of carbonyl (C=O) groups is 1. The van der Waals surface area contributed by atoms with Crippen LogP contribution in [0.2, 0.25) is 0 Å². The maximum atomic E-state index is 11.5. The van der Waals surface area contributed by atoms with Crippen LogP contribution in [-0.2, 0) is 16.0 Å². The lowest BCUT2D eigenvalue weighted by Gasteiger charge is -2.14. The fourth-order valence-corrected chi connectivity index (χ4v) is 1.61. The largest absolute Gasteiger partial charge is 0.496 e. The van der Waals surface area contributed by atoms with Gasteiger partial charge in [0, 0.05) is 17.7 Å². The first kappa shape index (κ1) is 14.2. The summed E-state index contributed by atoms with van der Waals surface area (Å²) in [6.07, 6.45) is 0.101. The predicted octanol–water partition coefficient (Wildman–Crippen LogP) is 1.82. The topological polar surface area (TPSA) is 54.0 Å². The maximum Gasteiger partial charge on any atom is 0.310 e. The highest BCUT2D eigenvalue weighted by Gasteiger charge is 2.17. The SMILES string of the molecule is CCOC(=O)Cc1c(OC)cc(OC)cc1OC. The van der Waals surface area contributed by atoms with Crippen LogP contribution in [0.5, 0.6) is 17.2 Å². The van der Waals surface area contributed by atoms with Crippen LogP contribution >= 0.6 is 0 Å². The zero-order chi connectivity index (χ0) is 13.5. The van der Waals surface area contributed by atoms with Crippen molar-refractivity contribution < 1.29 is 23.7 Å². The molecule has 0 aliphatic carbocycles. The summed E-state index contributed by atoms with van der Waals surface area (Å²) < 4.78 is 20.5. The van der Waals surface area contributed by atoms with E-state index in [2.05, 4.69) is 0 Å². The molecule has 5 nitrogen and oxygen atoms in total. The van der Waals surface area contributed by atoms with Crippen LogP contribution in [0.15, 0.2) is 12.1 Å². The summed E-state index contributed by atoms with van der Waals surface area (Å²) in [7, 11) is 4.62. The molecule has 5 heteroatoms.